The maximum Gasteiger partial charge on any atom is 0.409 e. The number of halogens is 7. The first-order valence-electron chi connectivity index (χ1n) is 4.07. The molecule has 0 fully saturated rings. The van der Waals surface area contributed by atoms with Gasteiger partial charge >= 0.3 is 12.4 Å². The molecule has 96 valence electrons. The van der Waals surface area contributed by atoms with E-state index in [-0.39, 0.29) is 13.0 Å². The van der Waals surface area contributed by atoms with Gasteiger partial charge in [0.05, 0.1) is 0 Å². The van der Waals surface area contributed by atoms with Crippen molar-refractivity contribution in [2.45, 2.75) is 18.8 Å². The smallest absolute Gasteiger partial charge is 0.355 e. The van der Waals surface area contributed by atoms with E-state index in [9.17, 15) is 31.1 Å². The molecule has 0 aliphatic heterocycles. The van der Waals surface area contributed by atoms with Gasteiger partial charge in [-0.3, -0.25) is 4.79 Å². The molecule has 0 aromatic carbocycles. The Bertz CT molecular complexity index is 224. The zero-order valence-electron chi connectivity index (χ0n) is 7.75. The van der Waals surface area contributed by atoms with Crippen molar-refractivity contribution in [2.75, 3.05) is 11.9 Å². The summed E-state index contributed by atoms with van der Waals surface area (Å²) in [5, 5.41) is 1.96. The van der Waals surface area contributed by atoms with Crippen LogP contribution in [0.2, 0.25) is 0 Å². The second kappa shape index (κ2) is 5.74. The van der Waals surface area contributed by atoms with E-state index in [0.717, 1.165) is 0 Å². The van der Waals surface area contributed by atoms with Gasteiger partial charge < -0.3 is 5.32 Å². The highest BCUT2D eigenvalue weighted by Crippen LogP contribution is 2.39. The van der Waals surface area contributed by atoms with Gasteiger partial charge in [0.2, 0.25) is 11.8 Å². The molecule has 0 radical (unpaired) electrons. The van der Waals surface area contributed by atoms with Gasteiger partial charge in [-0.25, -0.2) is 0 Å². The fourth-order valence-corrected chi connectivity index (χ4v) is 1.14. The third kappa shape index (κ3) is 5.04. The van der Waals surface area contributed by atoms with Crippen LogP contribution in [0.15, 0.2) is 0 Å². The standard InChI is InChI=1S/C7H8BrF6NO/c8-2-1-3-15-5(16)4(6(9,10)11)7(12,13)14/h4H,1-3H2,(H,15,16). The molecule has 16 heavy (non-hydrogen) atoms. The fraction of sp³-hybridized carbons (Fsp3) is 0.857. The molecule has 1 amide bonds. The Morgan fingerprint density at radius 3 is 1.88 bits per heavy atom. The Morgan fingerprint density at radius 1 is 1.12 bits per heavy atom. The van der Waals surface area contributed by atoms with Crippen molar-refractivity contribution in [2.24, 2.45) is 5.92 Å². The van der Waals surface area contributed by atoms with Gasteiger partial charge in [0.15, 0.2) is 0 Å². The van der Waals surface area contributed by atoms with Crippen LogP contribution < -0.4 is 5.32 Å². The summed E-state index contributed by atoms with van der Waals surface area (Å²) in [5.41, 5.74) is 0. The predicted octanol–water partition coefficient (Wildman–Crippen LogP) is 2.63. The molecule has 0 aromatic rings. The van der Waals surface area contributed by atoms with E-state index in [2.05, 4.69) is 15.9 Å². The van der Waals surface area contributed by atoms with Gasteiger partial charge in [0, 0.05) is 11.9 Å². The third-order valence-corrected chi connectivity index (χ3v) is 2.09. The van der Waals surface area contributed by atoms with Crippen LogP contribution in [-0.4, -0.2) is 30.1 Å². The summed E-state index contributed by atoms with van der Waals surface area (Å²) in [4.78, 5) is 10.7. The lowest BCUT2D eigenvalue weighted by Gasteiger charge is -2.21. The summed E-state index contributed by atoms with van der Waals surface area (Å²) in [7, 11) is 0. The molecule has 0 aromatic heterocycles. The van der Waals surface area contributed by atoms with Crippen LogP contribution in [0, 0.1) is 5.92 Å². The van der Waals surface area contributed by atoms with Crippen molar-refractivity contribution >= 4 is 21.8 Å². The van der Waals surface area contributed by atoms with E-state index in [0.29, 0.717) is 5.33 Å². The molecule has 0 bridgehead atoms. The number of alkyl halides is 7. The summed E-state index contributed by atoms with van der Waals surface area (Å²) < 4.78 is 71.9. The number of hydrogen-bond acceptors (Lipinski definition) is 1. The Labute approximate surface area is 95.5 Å². The van der Waals surface area contributed by atoms with E-state index < -0.39 is 24.2 Å². The third-order valence-electron chi connectivity index (χ3n) is 1.53. The van der Waals surface area contributed by atoms with E-state index in [1.165, 1.54) is 0 Å². The summed E-state index contributed by atoms with van der Waals surface area (Å²) in [6.45, 7) is -0.243. The van der Waals surface area contributed by atoms with Crippen LogP contribution in [0.1, 0.15) is 6.42 Å². The number of carbonyl (C=O) groups excluding carboxylic acids is 1. The molecule has 0 saturated heterocycles. The zero-order chi connectivity index (χ0) is 13.0. The van der Waals surface area contributed by atoms with Gasteiger partial charge in [-0.2, -0.15) is 26.3 Å². The molecule has 0 rings (SSSR count). The highest BCUT2D eigenvalue weighted by Gasteiger charge is 2.60. The summed E-state index contributed by atoms with van der Waals surface area (Å²) in [6, 6.07) is 0. The van der Waals surface area contributed by atoms with Gasteiger partial charge in [-0.1, -0.05) is 15.9 Å². The maximum absolute atomic E-state index is 12.0. The Morgan fingerprint density at radius 2 is 1.56 bits per heavy atom. The fourth-order valence-electron chi connectivity index (χ4n) is 0.863. The predicted molar refractivity (Wildman–Crippen MR) is 47.0 cm³/mol. The topological polar surface area (TPSA) is 29.1 Å². The number of nitrogens with one attached hydrogen (secondary N) is 1. The van der Waals surface area contributed by atoms with Crippen molar-refractivity contribution in [3.63, 3.8) is 0 Å². The lowest BCUT2D eigenvalue weighted by molar-refractivity contribution is -0.274. The largest absolute Gasteiger partial charge is 0.409 e. The molecule has 0 aliphatic rings. The number of hydrogen-bond donors (Lipinski definition) is 1. The molecular formula is C7H8BrF6NO. The molecule has 9 heteroatoms. The van der Waals surface area contributed by atoms with Crippen molar-refractivity contribution in [1.29, 1.82) is 0 Å². The van der Waals surface area contributed by atoms with E-state index in [4.69, 9.17) is 0 Å². The number of carbonyl (C=O) groups is 1. The Balaban J connectivity index is 4.61. The van der Waals surface area contributed by atoms with E-state index >= 15 is 0 Å². The highest BCUT2D eigenvalue weighted by molar-refractivity contribution is 9.09. The molecule has 0 spiro atoms. The van der Waals surface area contributed by atoms with E-state index in [1.807, 2.05) is 0 Å². The minimum atomic E-state index is -5.63. The van der Waals surface area contributed by atoms with Crippen LogP contribution >= 0.6 is 15.9 Å². The van der Waals surface area contributed by atoms with Crippen molar-refractivity contribution in [1.82, 2.24) is 5.32 Å². The lowest BCUT2D eigenvalue weighted by Crippen LogP contribution is -2.48. The second-order valence-electron chi connectivity index (χ2n) is 2.85. The SMILES string of the molecule is O=C(NCCCBr)C(C(F)(F)F)C(F)(F)F. The van der Waals surface area contributed by atoms with E-state index in [1.54, 1.807) is 5.32 Å². The van der Waals surface area contributed by atoms with Gasteiger partial charge in [0.1, 0.15) is 0 Å². The zero-order valence-corrected chi connectivity index (χ0v) is 9.34. The van der Waals surface area contributed by atoms with Crippen molar-refractivity contribution in [3.05, 3.63) is 0 Å². The first-order chi connectivity index (χ1) is 7.10. The highest BCUT2D eigenvalue weighted by atomic mass is 79.9. The summed E-state index contributed by atoms with van der Waals surface area (Å²) in [5.74, 6) is -6.03. The van der Waals surface area contributed by atoms with Crippen LogP contribution in [0.25, 0.3) is 0 Å². The molecule has 0 heterocycles. The van der Waals surface area contributed by atoms with Gasteiger partial charge in [-0.15, -0.1) is 0 Å². The molecule has 0 saturated carbocycles. The van der Waals surface area contributed by atoms with Crippen molar-refractivity contribution < 1.29 is 31.1 Å². The first-order valence-corrected chi connectivity index (χ1v) is 5.20. The molecule has 1 N–H and O–H groups in total. The molecule has 0 atom stereocenters. The average Bonchev–Trinajstić information content (AvgIpc) is 1.98. The minimum absolute atomic E-state index is 0.243. The number of amides is 1. The number of rotatable bonds is 4. The second-order valence-corrected chi connectivity index (χ2v) is 3.64. The molecule has 2 nitrogen and oxygen atoms in total. The van der Waals surface area contributed by atoms with Crippen LogP contribution in [-0.2, 0) is 4.79 Å². The minimum Gasteiger partial charge on any atom is -0.355 e. The average molecular weight is 316 g/mol. The van der Waals surface area contributed by atoms with Crippen LogP contribution in [0.5, 0.6) is 0 Å². The van der Waals surface area contributed by atoms with Gasteiger partial charge in [0.25, 0.3) is 0 Å². The van der Waals surface area contributed by atoms with Gasteiger partial charge in [-0.05, 0) is 6.42 Å². The maximum atomic E-state index is 12.0. The lowest BCUT2D eigenvalue weighted by atomic mass is 10.1. The molecule has 0 unspecified atom stereocenters. The van der Waals surface area contributed by atoms with Crippen LogP contribution in [0.4, 0.5) is 26.3 Å². The Hall–Kier alpha value is -0.470. The summed E-state index contributed by atoms with van der Waals surface area (Å²) >= 11 is 2.92. The molecule has 0 aliphatic carbocycles. The quantitative estimate of drug-likeness (QED) is 0.482. The van der Waals surface area contributed by atoms with Crippen LogP contribution in [0.3, 0.4) is 0 Å². The van der Waals surface area contributed by atoms with Crippen molar-refractivity contribution in [3.8, 4) is 0 Å². The monoisotopic (exact) mass is 315 g/mol. The Kier molecular flexibility index (Phi) is 5.57. The summed E-state index contributed by atoms with van der Waals surface area (Å²) in [6.07, 6.45) is -11.0. The normalized spacial score (nSPS) is 13.0. The molecular weight excluding hydrogens is 308 g/mol. The first kappa shape index (κ1) is 15.5.